The normalized spacial score (nSPS) is 20.7. The number of nitrogens with one attached hydrogen (secondary N) is 1. The van der Waals surface area contributed by atoms with Gasteiger partial charge in [-0.2, -0.15) is 4.99 Å². The van der Waals surface area contributed by atoms with Crippen LogP contribution in [0.5, 0.6) is 0 Å². The molecule has 0 saturated heterocycles. The van der Waals surface area contributed by atoms with Crippen molar-refractivity contribution < 1.29 is 5.11 Å². The van der Waals surface area contributed by atoms with Gasteiger partial charge in [0, 0.05) is 7.05 Å². The third kappa shape index (κ3) is 4.67. The zero-order chi connectivity index (χ0) is 18.8. The van der Waals surface area contributed by atoms with Gasteiger partial charge in [-0.1, -0.05) is 19.8 Å². The van der Waals surface area contributed by atoms with E-state index in [0.717, 1.165) is 38.6 Å². The zero-order valence-electron chi connectivity index (χ0n) is 16.0. The summed E-state index contributed by atoms with van der Waals surface area (Å²) >= 11 is 0. The third-order valence-electron chi connectivity index (χ3n) is 5.02. The Hall–Kier alpha value is -1.73. The lowest BCUT2D eigenvalue weighted by Crippen LogP contribution is -2.47. The van der Waals surface area contributed by atoms with Crippen molar-refractivity contribution in [1.82, 2.24) is 14.0 Å². The first-order chi connectivity index (χ1) is 11.5. The molecule has 1 aliphatic heterocycles. The fourth-order valence-electron chi connectivity index (χ4n) is 3.41. The number of fused-ring (bicyclic) bond motifs is 1. The number of aliphatic hydroxyl groups is 1. The summed E-state index contributed by atoms with van der Waals surface area (Å²) < 4.78 is 1.71. The van der Waals surface area contributed by atoms with E-state index in [2.05, 4.69) is 16.9 Å². The number of aromatic nitrogens is 2. The van der Waals surface area contributed by atoms with E-state index in [1.165, 1.54) is 4.57 Å². The minimum absolute atomic E-state index is 0.329. The summed E-state index contributed by atoms with van der Waals surface area (Å²) in [7, 11) is 3.57. The van der Waals surface area contributed by atoms with Crippen LogP contribution in [-0.4, -0.2) is 40.2 Å². The molecule has 7 heteroatoms. The second kappa shape index (κ2) is 7.25. The molecule has 2 unspecified atom stereocenters. The molecule has 0 aliphatic carbocycles. The molecule has 0 amide bonds. The van der Waals surface area contributed by atoms with Gasteiger partial charge in [-0.25, -0.2) is 9.28 Å². The molecule has 2 heterocycles. The lowest BCUT2D eigenvalue weighted by atomic mass is 9.94. The van der Waals surface area contributed by atoms with Crippen molar-refractivity contribution in [2.24, 2.45) is 18.0 Å². The monoisotopic (exact) mass is 351 g/mol. The van der Waals surface area contributed by atoms with E-state index >= 15 is 0 Å². The predicted octanol–water partition coefficient (Wildman–Crippen LogP) is 2.04. The first-order valence-corrected chi connectivity index (χ1v) is 9.00. The summed E-state index contributed by atoms with van der Waals surface area (Å²) in [5.74, 6) is 1.03. The van der Waals surface area contributed by atoms with Crippen LogP contribution < -0.4 is 15.7 Å². The largest absolute Gasteiger partial charge is 0.390 e. The van der Waals surface area contributed by atoms with Gasteiger partial charge in [-0.05, 0) is 39.0 Å². The molecule has 0 aromatic carbocycles. The van der Waals surface area contributed by atoms with Crippen LogP contribution in [0, 0.1) is 5.92 Å². The average molecular weight is 351 g/mol. The van der Waals surface area contributed by atoms with Gasteiger partial charge in [0.05, 0.1) is 19.2 Å². The first kappa shape index (κ1) is 19.6. The van der Waals surface area contributed by atoms with Crippen LogP contribution in [0.2, 0.25) is 0 Å². The van der Waals surface area contributed by atoms with Crippen molar-refractivity contribution in [3.05, 3.63) is 20.8 Å². The Morgan fingerprint density at radius 2 is 1.96 bits per heavy atom. The van der Waals surface area contributed by atoms with Crippen LogP contribution in [-0.2, 0) is 7.05 Å². The van der Waals surface area contributed by atoms with Crippen molar-refractivity contribution in [3.63, 3.8) is 0 Å². The van der Waals surface area contributed by atoms with Crippen LogP contribution in [0.4, 0.5) is 11.5 Å². The maximum atomic E-state index is 12.2. The van der Waals surface area contributed by atoms with Crippen molar-refractivity contribution >= 4 is 17.8 Å². The molecule has 1 aromatic heterocycles. The quantitative estimate of drug-likeness (QED) is 0.703. The van der Waals surface area contributed by atoms with Crippen molar-refractivity contribution in [2.45, 2.75) is 58.5 Å². The number of aliphatic imine (C=N–C) groups is 1. The summed E-state index contributed by atoms with van der Waals surface area (Å²) in [6.07, 6.45) is 6.70. The Bertz CT molecular complexity index is 757. The summed E-state index contributed by atoms with van der Waals surface area (Å²) in [6.45, 7) is 6.69. The Labute approximate surface area is 148 Å². The van der Waals surface area contributed by atoms with E-state index < -0.39 is 11.3 Å². The smallest absolute Gasteiger partial charge is 0.330 e. The van der Waals surface area contributed by atoms with Crippen LogP contribution in [0.1, 0.15) is 52.9 Å². The van der Waals surface area contributed by atoms with Crippen LogP contribution in [0.15, 0.2) is 14.6 Å². The molecule has 0 radical (unpaired) electrons. The minimum Gasteiger partial charge on any atom is -0.390 e. The number of hydrogen-bond acceptors (Lipinski definition) is 4. The summed E-state index contributed by atoms with van der Waals surface area (Å²) in [5.41, 5.74) is -0.840. The van der Waals surface area contributed by atoms with E-state index in [1.54, 1.807) is 13.4 Å². The van der Waals surface area contributed by atoms with Gasteiger partial charge in [-0.15, -0.1) is 0 Å². The molecule has 7 nitrogen and oxygen atoms in total. The van der Waals surface area contributed by atoms with Gasteiger partial charge >= 0.3 is 11.2 Å². The highest BCUT2D eigenvalue weighted by molar-refractivity contribution is 5.86. The van der Waals surface area contributed by atoms with E-state index in [1.807, 2.05) is 20.9 Å². The van der Waals surface area contributed by atoms with E-state index in [9.17, 15) is 14.7 Å². The Kier molecular flexibility index (Phi) is 5.68. The highest BCUT2D eigenvalue weighted by atomic mass is 16.3. The third-order valence-corrected chi connectivity index (χ3v) is 5.02. The zero-order valence-corrected chi connectivity index (χ0v) is 16.0. The maximum Gasteiger partial charge on any atom is 0.330 e. The van der Waals surface area contributed by atoms with Crippen molar-refractivity contribution in [3.8, 4) is 0 Å². The molecule has 2 atom stereocenters. The lowest BCUT2D eigenvalue weighted by molar-refractivity contribution is 0.0669. The van der Waals surface area contributed by atoms with Gasteiger partial charge in [0.25, 0.3) is 0 Å². The molecule has 2 rings (SSSR count). The Balaban J connectivity index is 1.93. The molecule has 0 bridgehead atoms. The summed E-state index contributed by atoms with van der Waals surface area (Å²) in [6, 6.07) is 0. The maximum absolute atomic E-state index is 12.2. The molecule has 2 N–H and O–H groups in total. The van der Waals surface area contributed by atoms with E-state index in [4.69, 9.17) is 0 Å². The SMILES string of the molecule is CC(CCCC(C)(C)O)CCC[N+]1(C)C=Nc2c1c(=O)[nH]c(=O)n2C. The number of aromatic amines is 1. The number of nitrogens with zero attached hydrogens (tertiary/aromatic N) is 3. The Morgan fingerprint density at radius 3 is 2.60 bits per heavy atom. The molecule has 25 heavy (non-hydrogen) atoms. The average Bonchev–Trinajstić information content (AvgIpc) is 2.82. The highest BCUT2D eigenvalue weighted by Gasteiger charge is 2.37. The second-order valence-electron chi connectivity index (χ2n) is 8.18. The molecule has 0 fully saturated rings. The first-order valence-electron chi connectivity index (χ1n) is 9.00. The van der Waals surface area contributed by atoms with Crippen molar-refractivity contribution in [1.29, 1.82) is 0 Å². The molecule has 140 valence electrons. The highest BCUT2D eigenvalue weighted by Crippen LogP contribution is 2.32. The molecule has 1 aromatic rings. The van der Waals surface area contributed by atoms with Gasteiger partial charge in [0.1, 0.15) is 0 Å². The molecule has 0 spiro atoms. The number of rotatable bonds is 8. The van der Waals surface area contributed by atoms with Crippen LogP contribution in [0.3, 0.4) is 0 Å². The van der Waals surface area contributed by atoms with Gasteiger partial charge < -0.3 is 5.11 Å². The lowest BCUT2D eigenvalue weighted by Gasteiger charge is -2.25. The van der Waals surface area contributed by atoms with Gasteiger partial charge in [0.2, 0.25) is 11.5 Å². The predicted molar refractivity (Wildman–Crippen MR) is 102 cm³/mol. The van der Waals surface area contributed by atoms with Crippen LogP contribution >= 0.6 is 0 Å². The summed E-state index contributed by atoms with van der Waals surface area (Å²) in [4.78, 5) is 30.6. The molecular weight excluding hydrogens is 320 g/mol. The number of hydrogen-bond donors (Lipinski definition) is 2. The number of quaternary nitrogens is 1. The fraction of sp³-hybridized carbons (Fsp3) is 0.722. The molecule has 0 saturated carbocycles. The topological polar surface area (TPSA) is 87.5 Å². The fourth-order valence-corrected chi connectivity index (χ4v) is 3.41. The van der Waals surface area contributed by atoms with Gasteiger partial charge in [-0.3, -0.25) is 14.3 Å². The molecular formula is C18H31N4O3+. The minimum atomic E-state index is -0.592. The van der Waals surface area contributed by atoms with E-state index in [0.29, 0.717) is 21.9 Å². The second-order valence-corrected chi connectivity index (χ2v) is 8.18. The van der Waals surface area contributed by atoms with Crippen LogP contribution in [0.25, 0.3) is 0 Å². The molecule has 1 aliphatic rings. The standard InChI is InChI=1S/C18H30N4O3/c1-13(8-6-10-18(2,3)25)9-7-11-22(5)12-19-15-14(22)16(23)20-17(24)21(15)4/h12-13,25H,6-11H2,1-5H3/p+1. The summed E-state index contributed by atoms with van der Waals surface area (Å²) in [5, 5.41) is 9.77. The van der Waals surface area contributed by atoms with Gasteiger partial charge in [0.15, 0.2) is 6.34 Å². The van der Waals surface area contributed by atoms with E-state index in [-0.39, 0.29) is 5.56 Å². The Morgan fingerprint density at radius 1 is 1.32 bits per heavy atom. The number of H-pyrrole nitrogens is 1. The van der Waals surface area contributed by atoms with Crippen molar-refractivity contribution in [2.75, 3.05) is 13.6 Å².